The van der Waals surface area contributed by atoms with Gasteiger partial charge in [0.25, 0.3) is 0 Å². The van der Waals surface area contributed by atoms with Crippen molar-refractivity contribution in [3.63, 3.8) is 0 Å². The van der Waals surface area contributed by atoms with Gasteiger partial charge in [0.1, 0.15) is 0 Å². The summed E-state index contributed by atoms with van der Waals surface area (Å²) in [6, 6.07) is 5.96. The van der Waals surface area contributed by atoms with Gasteiger partial charge in [-0.3, -0.25) is 0 Å². The Morgan fingerprint density at radius 3 is 1.89 bits per heavy atom. The van der Waals surface area contributed by atoms with Crippen LogP contribution >= 0.6 is 0 Å². The number of hydrogen-bond donors (Lipinski definition) is 1. The van der Waals surface area contributed by atoms with Gasteiger partial charge in [-0.2, -0.15) is 0 Å². The molecule has 3 nitrogen and oxygen atoms in total. The summed E-state index contributed by atoms with van der Waals surface area (Å²) in [7, 11) is -1.35. The summed E-state index contributed by atoms with van der Waals surface area (Å²) in [5.41, 5.74) is 3.31. The van der Waals surface area contributed by atoms with Crippen LogP contribution in [0.2, 0.25) is 0 Å². The molecular formula is C14H23NO2S. The summed E-state index contributed by atoms with van der Waals surface area (Å²) in [5.74, 6) is 0. The van der Waals surface area contributed by atoms with Gasteiger partial charge < -0.3 is 5.32 Å². The second-order valence-corrected chi connectivity index (χ2v) is 8.11. The molecule has 1 N–H and O–H groups in total. The van der Waals surface area contributed by atoms with E-state index in [0.717, 1.165) is 16.7 Å². The quantitative estimate of drug-likeness (QED) is 0.913. The molecule has 0 fully saturated rings. The van der Waals surface area contributed by atoms with Crippen LogP contribution in [0.4, 0.5) is 0 Å². The summed E-state index contributed by atoms with van der Waals surface area (Å²) in [6.07, 6.45) is 1.29. The Labute approximate surface area is 111 Å². The maximum Gasteiger partial charge on any atom is 0.154 e. The Kier molecular flexibility index (Phi) is 4.23. The Morgan fingerprint density at radius 1 is 1.11 bits per heavy atom. The number of rotatable bonds is 4. The Balaban J connectivity index is 3.34. The molecule has 0 heterocycles. The first-order valence-electron chi connectivity index (χ1n) is 6.04. The molecule has 0 aliphatic rings. The summed E-state index contributed by atoms with van der Waals surface area (Å²) < 4.78 is 23.1. The summed E-state index contributed by atoms with van der Waals surface area (Å²) >= 11 is 0. The summed E-state index contributed by atoms with van der Waals surface area (Å²) in [5, 5.41) is 3.14. The molecule has 1 unspecified atom stereocenters. The molecule has 4 heteroatoms. The molecule has 0 radical (unpaired) electrons. The van der Waals surface area contributed by atoms with Crippen molar-refractivity contribution < 1.29 is 8.42 Å². The molecular weight excluding hydrogens is 246 g/mol. The van der Waals surface area contributed by atoms with Crippen LogP contribution in [0.25, 0.3) is 0 Å². The van der Waals surface area contributed by atoms with Crippen LogP contribution in [0, 0.1) is 13.8 Å². The van der Waals surface area contributed by atoms with Crippen molar-refractivity contribution in [3.05, 3.63) is 34.9 Å². The second kappa shape index (κ2) is 5.02. The van der Waals surface area contributed by atoms with Crippen LogP contribution in [-0.2, 0) is 9.84 Å². The Bertz CT molecular complexity index is 512. The third-order valence-electron chi connectivity index (χ3n) is 3.52. The van der Waals surface area contributed by atoms with Crippen LogP contribution in [-0.4, -0.2) is 26.5 Å². The van der Waals surface area contributed by atoms with E-state index in [-0.39, 0.29) is 6.04 Å². The van der Waals surface area contributed by atoms with Crippen molar-refractivity contribution in [1.82, 2.24) is 5.32 Å². The fourth-order valence-electron chi connectivity index (χ4n) is 2.31. The highest BCUT2D eigenvalue weighted by Crippen LogP contribution is 2.32. The Hall–Kier alpha value is -0.870. The van der Waals surface area contributed by atoms with Gasteiger partial charge in [0.05, 0.1) is 10.8 Å². The third kappa shape index (κ3) is 2.93. The third-order valence-corrected chi connectivity index (χ3v) is 5.66. The van der Waals surface area contributed by atoms with Crippen molar-refractivity contribution >= 4 is 9.84 Å². The van der Waals surface area contributed by atoms with Crippen molar-refractivity contribution in [2.24, 2.45) is 0 Å². The minimum atomic E-state index is -3.15. The maximum absolute atomic E-state index is 12.0. The molecule has 0 saturated carbocycles. The molecule has 0 amide bonds. The number of hydrogen-bond acceptors (Lipinski definition) is 3. The molecule has 18 heavy (non-hydrogen) atoms. The van der Waals surface area contributed by atoms with E-state index >= 15 is 0 Å². The molecule has 1 aromatic rings. The van der Waals surface area contributed by atoms with Gasteiger partial charge in [0.2, 0.25) is 0 Å². The van der Waals surface area contributed by atoms with Crippen LogP contribution in [0.1, 0.15) is 36.6 Å². The summed E-state index contributed by atoms with van der Waals surface area (Å²) in [6.45, 7) is 7.58. The van der Waals surface area contributed by atoms with E-state index in [2.05, 4.69) is 11.4 Å². The lowest BCUT2D eigenvalue weighted by molar-refractivity contribution is 0.446. The van der Waals surface area contributed by atoms with Crippen molar-refractivity contribution in [2.75, 3.05) is 13.3 Å². The standard InChI is InChI=1S/C14H23NO2S/c1-10-7-11(2)9-12(8-10)13(15-5)14(3,4)18(6,16)17/h7-9,13,15H,1-6H3. The minimum absolute atomic E-state index is 0.217. The van der Waals surface area contributed by atoms with E-state index in [9.17, 15) is 8.42 Å². The summed E-state index contributed by atoms with van der Waals surface area (Å²) in [4.78, 5) is 0. The Morgan fingerprint density at radius 2 is 1.56 bits per heavy atom. The van der Waals surface area contributed by atoms with Gasteiger partial charge in [-0.25, -0.2) is 8.42 Å². The molecule has 0 aromatic heterocycles. The first-order chi connectivity index (χ1) is 8.09. The first-order valence-corrected chi connectivity index (χ1v) is 7.94. The van der Waals surface area contributed by atoms with Crippen LogP contribution in [0.5, 0.6) is 0 Å². The fourth-order valence-corrected chi connectivity index (χ4v) is 2.99. The van der Waals surface area contributed by atoms with E-state index in [1.165, 1.54) is 6.26 Å². The van der Waals surface area contributed by atoms with Gasteiger partial charge >= 0.3 is 0 Å². The predicted molar refractivity (Wildman–Crippen MR) is 76.6 cm³/mol. The van der Waals surface area contributed by atoms with Crippen molar-refractivity contribution in [3.8, 4) is 0 Å². The highest BCUT2D eigenvalue weighted by atomic mass is 32.2. The normalized spacial score (nSPS) is 14.6. The molecule has 102 valence electrons. The van der Waals surface area contributed by atoms with Crippen molar-refractivity contribution in [2.45, 2.75) is 38.5 Å². The maximum atomic E-state index is 12.0. The predicted octanol–water partition coefficient (Wildman–Crippen LogP) is 2.39. The molecule has 1 atom stereocenters. The minimum Gasteiger partial charge on any atom is -0.312 e. The molecule has 0 saturated heterocycles. The molecule has 0 bridgehead atoms. The monoisotopic (exact) mass is 269 g/mol. The molecule has 1 aromatic carbocycles. The molecule has 0 aliphatic heterocycles. The van der Waals surface area contributed by atoms with Gasteiger partial charge in [0.15, 0.2) is 9.84 Å². The highest BCUT2D eigenvalue weighted by molar-refractivity contribution is 7.92. The van der Waals surface area contributed by atoms with E-state index < -0.39 is 14.6 Å². The second-order valence-electron chi connectivity index (χ2n) is 5.52. The van der Waals surface area contributed by atoms with Gasteiger partial charge in [-0.05, 0) is 40.3 Å². The van der Waals surface area contributed by atoms with Crippen LogP contribution in [0.15, 0.2) is 18.2 Å². The number of aryl methyl sites for hydroxylation is 2. The van der Waals surface area contributed by atoms with Gasteiger partial charge in [0, 0.05) is 6.26 Å². The zero-order valence-corrected chi connectivity index (χ0v) is 12.9. The van der Waals surface area contributed by atoms with Gasteiger partial charge in [-0.1, -0.05) is 29.3 Å². The lowest BCUT2D eigenvalue weighted by Gasteiger charge is -2.33. The van der Waals surface area contributed by atoms with E-state index in [1.54, 1.807) is 20.9 Å². The smallest absolute Gasteiger partial charge is 0.154 e. The van der Waals surface area contributed by atoms with E-state index in [0.29, 0.717) is 0 Å². The van der Waals surface area contributed by atoms with E-state index in [4.69, 9.17) is 0 Å². The molecule has 0 aliphatic carbocycles. The van der Waals surface area contributed by atoms with Gasteiger partial charge in [-0.15, -0.1) is 0 Å². The average molecular weight is 269 g/mol. The lowest BCUT2D eigenvalue weighted by atomic mass is 9.93. The zero-order valence-electron chi connectivity index (χ0n) is 12.0. The fraction of sp³-hybridized carbons (Fsp3) is 0.571. The highest BCUT2D eigenvalue weighted by Gasteiger charge is 2.39. The lowest BCUT2D eigenvalue weighted by Crippen LogP contribution is -2.43. The van der Waals surface area contributed by atoms with Crippen LogP contribution in [0.3, 0.4) is 0 Å². The zero-order chi connectivity index (χ0) is 14.1. The number of sulfone groups is 1. The topological polar surface area (TPSA) is 46.2 Å². The largest absolute Gasteiger partial charge is 0.312 e. The first kappa shape index (κ1) is 15.2. The SMILES string of the molecule is CNC(c1cc(C)cc(C)c1)C(C)(C)S(C)(=O)=O. The number of nitrogens with one attached hydrogen (secondary N) is 1. The number of benzene rings is 1. The van der Waals surface area contributed by atoms with E-state index in [1.807, 2.05) is 26.0 Å². The molecule has 0 spiro atoms. The van der Waals surface area contributed by atoms with Crippen LogP contribution < -0.4 is 5.32 Å². The molecule has 1 rings (SSSR count). The van der Waals surface area contributed by atoms with Crippen molar-refractivity contribution in [1.29, 1.82) is 0 Å². The average Bonchev–Trinajstić information content (AvgIpc) is 2.14.